The van der Waals surface area contributed by atoms with Crippen LogP contribution < -0.4 is 5.32 Å². The van der Waals surface area contributed by atoms with Gasteiger partial charge >= 0.3 is 0 Å². The summed E-state index contributed by atoms with van der Waals surface area (Å²) >= 11 is 1.72. The van der Waals surface area contributed by atoms with Crippen LogP contribution >= 0.6 is 11.3 Å². The molecule has 0 fully saturated rings. The first-order chi connectivity index (χ1) is 12.8. The van der Waals surface area contributed by atoms with Gasteiger partial charge in [0.05, 0.1) is 18.8 Å². The predicted octanol–water partition coefficient (Wildman–Crippen LogP) is 5.42. The Labute approximate surface area is 155 Å². The number of thiophene rings is 1. The molecule has 26 heavy (non-hydrogen) atoms. The molecule has 4 rings (SSSR count). The van der Waals surface area contributed by atoms with Crippen LogP contribution in [0.5, 0.6) is 0 Å². The second-order valence-electron chi connectivity index (χ2n) is 5.87. The van der Waals surface area contributed by atoms with E-state index in [1.807, 2.05) is 18.2 Å². The molecule has 0 bridgehead atoms. The van der Waals surface area contributed by atoms with Crippen LogP contribution in [0.4, 0.5) is 4.39 Å². The van der Waals surface area contributed by atoms with Gasteiger partial charge in [-0.15, -0.1) is 11.3 Å². The van der Waals surface area contributed by atoms with Crippen LogP contribution in [0.1, 0.15) is 22.4 Å². The molecule has 4 aromatic rings. The number of rotatable bonds is 6. The van der Waals surface area contributed by atoms with Gasteiger partial charge < -0.3 is 4.42 Å². The molecule has 0 amide bonds. The summed E-state index contributed by atoms with van der Waals surface area (Å²) in [5, 5.41) is 5.60. The molecule has 3 nitrogen and oxygen atoms in total. The summed E-state index contributed by atoms with van der Waals surface area (Å²) in [7, 11) is 0. The third-order valence-corrected chi connectivity index (χ3v) is 5.04. The molecular weight excluding hydrogens is 347 g/mol. The SMILES string of the molecule is Fc1ccc(-c2cnc(CN[C@@H](c3ccccc3)c3cccs3)o2)cc1. The molecule has 0 unspecified atom stereocenters. The Hall–Kier alpha value is -2.76. The Balaban J connectivity index is 1.51. The summed E-state index contributed by atoms with van der Waals surface area (Å²) in [5.41, 5.74) is 2.00. The fourth-order valence-corrected chi connectivity index (χ4v) is 3.64. The van der Waals surface area contributed by atoms with E-state index in [4.69, 9.17) is 4.42 Å². The number of halogens is 1. The molecule has 0 saturated carbocycles. The summed E-state index contributed by atoms with van der Waals surface area (Å²) < 4.78 is 18.9. The normalized spacial score (nSPS) is 12.2. The summed E-state index contributed by atoms with van der Waals surface area (Å²) in [6.07, 6.45) is 1.67. The molecule has 1 atom stereocenters. The van der Waals surface area contributed by atoms with E-state index in [1.54, 1.807) is 29.7 Å². The van der Waals surface area contributed by atoms with Crippen LogP contribution in [-0.4, -0.2) is 4.98 Å². The highest BCUT2D eigenvalue weighted by Crippen LogP contribution is 2.27. The second-order valence-corrected chi connectivity index (χ2v) is 6.84. The molecule has 2 heterocycles. The van der Waals surface area contributed by atoms with Crippen LogP contribution in [0, 0.1) is 5.82 Å². The molecule has 130 valence electrons. The van der Waals surface area contributed by atoms with Gasteiger partial charge in [-0.2, -0.15) is 0 Å². The molecule has 0 radical (unpaired) electrons. The zero-order valence-corrected chi connectivity index (χ0v) is 14.7. The van der Waals surface area contributed by atoms with Gasteiger partial charge in [0.1, 0.15) is 5.82 Å². The van der Waals surface area contributed by atoms with Gasteiger partial charge in [-0.3, -0.25) is 5.32 Å². The maximum atomic E-state index is 13.1. The van der Waals surface area contributed by atoms with E-state index < -0.39 is 0 Å². The van der Waals surface area contributed by atoms with Crippen molar-refractivity contribution in [2.24, 2.45) is 0 Å². The summed E-state index contributed by atoms with van der Waals surface area (Å²) in [6.45, 7) is 0.499. The molecule has 0 aliphatic rings. The topological polar surface area (TPSA) is 38.1 Å². The molecule has 0 aliphatic carbocycles. The first-order valence-electron chi connectivity index (χ1n) is 8.32. The lowest BCUT2D eigenvalue weighted by Gasteiger charge is -2.17. The van der Waals surface area contributed by atoms with Crippen LogP contribution in [0.25, 0.3) is 11.3 Å². The van der Waals surface area contributed by atoms with Crippen molar-refractivity contribution in [1.29, 1.82) is 0 Å². The average molecular weight is 364 g/mol. The molecule has 0 spiro atoms. The number of aromatic nitrogens is 1. The van der Waals surface area contributed by atoms with Gasteiger partial charge in [-0.25, -0.2) is 9.37 Å². The van der Waals surface area contributed by atoms with Crippen molar-refractivity contribution in [3.8, 4) is 11.3 Å². The van der Waals surface area contributed by atoms with Crippen molar-refractivity contribution in [2.75, 3.05) is 0 Å². The second kappa shape index (κ2) is 7.64. The number of nitrogens with zero attached hydrogens (tertiary/aromatic N) is 1. The fraction of sp³-hybridized carbons (Fsp3) is 0.0952. The van der Waals surface area contributed by atoms with Crippen molar-refractivity contribution in [1.82, 2.24) is 10.3 Å². The van der Waals surface area contributed by atoms with Crippen LogP contribution in [0.2, 0.25) is 0 Å². The maximum Gasteiger partial charge on any atom is 0.208 e. The van der Waals surface area contributed by atoms with E-state index in [1.165, 1.54) is 22.6 Å². The number of nitrogens with one attached hydrogen (secondary N) is 1. The van der Waals surface area contributed by atoms with E-state index in [0.717, 1.165) is 5.56 Å². The van der Waals surface area contributed by atoms with E-state index in [-0.39, 0.29) is 11.9 Å². The Bertz CT molecular complexity index is 949. The number of hydrogen-bond donors (Lipinski definition) is 1. The highest BCUT2D eigenvalue weighted by molar-refractivity contribution is 7.10. The molecule has 5 heteroatoms. The summed E-state index contributed by atoms with van der Waals surface area (Å²) in [5.74, 6) is 0.966. The van der Waals surface area contributed by atoms with Gasteiger partial charge in [-0.1, -0.05) is 36.4 Å². The lowest BCUT2D eigenvalue weighted by atomic mass is 10.1. The van der Waals surface area contributed by atoms with E-state index in [2.05, 4.69) is 39.9 Å². The van der Waals surface area contributed by atoms with Crippen molar-refractivity contribution >= 4 is 11.3 Å². The van der Waals surface area contributed by atoms with Gasteiger partial charge in [0, 0.05) is 10.4 Å². The largest absolute Gasteiger partial charge is 0.439 e. The van der Waals surface area contributed by atoms with Crippen LogP contribution in [0.15, 0.2) is 82.7 Å². The Morgan fingerprint density at radius 2 is 1.81 bits per heavy atom. The van der Waals surface area contributed by atoms with Gasteiger partial charge in [-0.05, 0) is 41.3 Å². The zero-order valence-electron chi connectivity index (χ0n) is 13.9. The summed E-state index contributed by atoms with van der Waals surface area (Å²) in [6, 6.07) is 20.8. The standard InChI is InChI=1S/C21H17FN2OS/c22-17-10-8-15(9-11-17)18-13-23-20(25-18)14-24-21(19-7-4-12-26-19)16-5-2-1-3-6-16/h1-13,21,24H,14H2/t21-/m0/s1. The number of oxazole rings is 1. The van der Waals surface area contributed by atoms with Gasteiger partial charge in [0.25, 0.3) is 0 Å². The molecule has 2 aromatic carbocycles. The minimum atomic E-state index is -0.267. The maximum absolute atomic E-state index is 13.1. The Morgan fingerprint density at radius 1 is 1.00 bits per heavy atom. The van der Waals surface area contributed by atoms with E-state index in [0.29, 0.717) is 18.2 Å². The summed E-state index contributed by atoms with van der Waals surface area (Å²) in [4.78, 5) is 5.58. The van der Waals surface area contributed by atoms with Crippen molar-refractivity contribution in [2.45, 2.75) is 12.6 Å². The van der Waals surface area contributed by atoms with Gasteiger partial charge in [0.2, 0.25) is 5.89 Å². The molecule has 1 N–H and O–H groups in total. The third kappa shape index (κ3) is 3.74. The van der Waals surface area contributed by atoms with E-state index >= 15 is 0 Å². The van der Waals surface area contributed by atoms with Crippen LogP contribution in [0.3, 0.4) is 0 Å². The molecular formula is C21H17FN2OS. The number of benzene rings is 2. The Kier molecular flexibility index (Phi) is 4.91. The lowest BCUT2D eigenvalue weighted by Crippen LogP contribution is -2.21. The lowest BCUT2D eigenvalue weighted by molar-refractivity contribution is 0.464. The third-order valence-electron chi connectivity index (χ3n) is 4.10. The Morgan fingerprint density at radius 3 is 2.54 bits per heavy atom. The average Bonchev–Trinajstić information content (AvgIpc) is 3.36. The zero-order chi connectivity index (χ0) is 17.8. The molecule has 0 aliphatic heterocycles. The highest BCUT2D eigenvalue weighted by atomic mass is 32.1. The van der Waals surface area contributed by atoms with Gasteiger partial charge in [0.15, 0.2) is 5.76 Å². The molecule has 2 aromatic heterocycles. The van der Waals surface area contributed by atoms with Crippen molar-refractivity contribution < 1.29 is 8.81 Å². The predicted molar refractivity (Wildman–Crippen MR) is 101 cm³/mol. The monoisotopic (exact) mass is 364 g/mol. The number of hydrogen-bond acceptors (Lipinski definition) is 4. The minimum absolute atomic E-state index is 0.0809. The first kappa shape index (κ1) is 16.7. The van der Waals surface area contributed by atoms with E-state index in [9.17, 15) is 4.39 Å². The fourth-order valence-electron chi connectivity index (χ4n) is 2.81. The van der Waals surface area contributed by atoms with Crippen LogP contribution in [-0.2, 0) is 6.54 Å². The quantitative estimate of drug-likeness (QED) is 0.496. The molecule has 0 saturated heterocycles. The smallest absolute Gasteiger partial charge is 0.208 e. The first-order valence-corrected chi connectivity index (χ1v) is 9.20. The van der Waals surface area contributed by atoms with Crippen molar-refractivity contribution in [3.05, 3.63) is 100 Å². The highest BCUT2D eigenvalue weighted by Gasteiger charge is 2.16. The van der Waals surface area contributed by atoms with Crippen molar-refractivity contribution in [3.63, 3.8) is 0 Å². The minimum Gasteiger partial charge on any atom is -0.439 e.